The molecule has 204 valence electrons. The van der Waals surface area contributed by atoms with Crippen LogP contribution in [0.15, 0.2) is 16.1 Å². The lowest BCUT2D eigenvalue weighted by Gasteiger charge is -2.47. The SMILES string of the molecule is CON=C1CN(c2c(F)c(N)c3c(=O)c(C(=O)O)cn(C4CC4)c3c2F)CC12CN(C(=O)OC(C)(C)C)C2. The minimum Gasteiger partial charge on any atom is -0.477 e. The quantitative estimate of drug-likeness (QED) is 0.452. The summed E-state index contributed by atoms with van der Waals surface area (Å²) in [5.41, 5.74) is 2.20. The number of halogens is 2. The molecule has 3 heterocycles. The number of carboxylic acid groups (broad SMARTS) is 1. The van der Waals surface area contributed by atoms with E-state index < -0.39 is 62.5 Å². The lowest BCUT2D eigenvalue weighted by molar-refractivity contribution is -0.0102. The van der Waals surface area contributed by atoms with Crippen LogP contribution in [0.3, 0.4) is 0 Å². The van der Waals surface area contributed by atoms with Crippen molar-refractivity contribution in [2.24, 2.45) is 10.6 Å². The number of amides is 1. The highest BCUT2D eigenvalue weighted by molar-refractivity contribution is 6.03. The molecule has 0 atom stereocenters. The van der Waals surface area contributed by atoms with Gasteiger partial charge in [-0.25, -0.2) is 18.4 Å². The number of hydrogen-bond acceptors (Lipinski definition) is 8. The van der Waals surface area contributed by atoms with Gasteiger partial charge in [0.1, 0.15) is 24.0 Å². The van der Waals surface area contributed by atoms with E-state index >= 15 is 8.78 Å². The molecule has 2 saturated heterocycles. The van der Waals surface area contributed by atoms with Crippen LogP contribution in [0.2, 0.25) is 0 Å². The minimum absolute atomic E-state index is 0.00431. The Morgan fingerprint density at radius 3 is 2.39 bits per heavy atom. The van der Waals surface area contributed by atoms with Crippen molar-refractivity contribution in [1.82, 2.24) is 9.47 Å². The number of anilines is 2. The number of nitrogen functional groups attached to an aromatic ring is 1. The third-order valence-electron chi connectivity index (χ3n) is 7.14. The Kier molecular flexibility index (Phi) is 5.80. The number of likely N-dealkylation sites (tertiary alicyclic amines) is 1. The van der Waals surface area contributed by atoms with Crippen LogP contribution in [0.4, 0.5) is 25.0 Å². The fourth-order valence-electron chi connectivity index (χ4n) is 5.30. The van der Waals surface area contributed by atoms with E-state index in [2.05, 4.69) is 5.16 Å². The van der Waals surface area contributed by atoms with E-state index in [1.54, 1.807) is 20.8 Å². The van der Waals surface area contributed by atoms with Crippen LogP contribution in [-0.4, -0.2) is 71.2 Å². The van der Waals surface area contributed by atoms with Gasteiger partial charge in [0, 0.05) is 31.9 Å². The molecule has 2 aromatic rings. The minimum atomic E-state index is -1.50. The van der Waals surface area contributed by atoms with Crippen molar-refractivity contribution in [3.63, 3.8) is 0 Å². The van der Waals surface area contributed by atoms with E-state index in [0.717, 1.165) is 6.20 Å². The van der Waals surface area contributed by atoms with Gasteiger partial charge in [-0.05, 0) is 33.6 Å². The molecule has 3 fully saturated rings. The first-order valence-corrected chi connectivity index (χ1v) is 12.2. The maximum atomic E-state index is 16.2. The summed E-state index contributed by atoms with van der Waals surface area (Å²) in [4.78, 5) is 45.0. The van der Waals surface area contributed by atoms with E-state index in [9.17, 15) is 19.5 Å². The number of aromatic nitrogens is 1. The van der Waals surface area contributed by atoms with Gasteiger partial charge in [0.2, 0.25) is 5.43 Å². The van der Waals surface area contributed by atoms with Crippen LogP contribution < -0.4 is 16.1 Å². The zero-order valence-corrected chi connectivity index (χ0v) is 21.5. The second kappa shape index (κ2) is 8.57. The Labute approximate surface area is 216 Å². The fourth-order valence-corrected chi connectivity index (χ4v) is 5.30. The van der Waals surface area contributed by atoms with Crippen molar-refractivity contribution in [2.45, 2.75) is 45.3 Å². The average Bonchev–Trinajstić information content (AvgIpc) is 3.56. The van der Waals surface area contributed by atoms with Crippen molar-refractivity contribution >= 4 is 40.1 Å². The third-order valence-corrected chi connectivity index (χ3v) is 7.14. The molecule has 38 heavy (non-hydrogen) atoms. The second-order valence-electron chi connectivity index (χ2n) is 11.1. The molecule has 2 aliphatic heterocycles. The Morgan fingerprint density at radius 2 is 1.84 bits per heavy atom. The van der Waals surface area contributed by atoms with Gasteiger partial charge in [-0.2, -0.15) is 0 Å². The number of hydrogen-bond donors (Lipinski definition) is 2. The highest BCUT2D eigenvalue weighted by Crippen LogP contribution is 2.45. The largest absolute Gasteiger partial charge is 0.477 e. The van der Waals surface area contributed by atoms with Crippen molar-refractivity contribution in [2.75, 3.05) is 43.9 Å². The molecule has 11 nitrogen and oxygen atoms in total. The molecular formula is C25H29F2N5O6. The Bertz CT molecular complexity index is 1450. The molecule has 1 saturated carbocycles. The lowest BCUT2D eigenvalue weighted by atomic mass is 9.78. The van der Waals surface area contributed by atoms with Gasteiger partial charge in [-0.1, -0.05) is 5.16 Å². The number of ether oxygens (including phenoxy) is 1. The number of aromatic carboxylic acids is 1. The van der Waals surface area contributed by atoms with Gasteiger partial charge in [0.15, 0.2) is 11.6 Å². The van der Waals surface area contributed by atoms with Gasteiger partial charge in [-0.15, -0.1) is 0 Å². The number of carbonyl (C=O) groups excluding carboxylic acids is 1. The highest BCUT2D eigenvalue weighted by atomic mass is 19.1. The van der Waals surface area contributed by atoms with Crippen LogP contribution in [0.5, 0.6) is 0 Å². The van der Waals surface area contributed by atoms with Crippen LogP contribution in [0, 0.1) is 17.0 Å². The van der Waals surface area contributed by atoms with Crippen molar-refractivity contribution < 1.29 is 33.1 Å². The summed E-state index contributed by atoms with van der Waals surface area (Å²) in [6, 6.07) is -0.229. The molecule has 13 heteroatoms. The number of pyridine rings is 1. The average molecular weight is 534 g/mol. The molecule has 5 rings (SSSR count). The first kappa shape index (κ1) is 25.7. The zero-order valence-electron chi connectivity index (χ0n) is 21.5. The maximum Gasteiger partial charge on any atom is 0.410 e. The Hall–Kier alpha value is -3.90. The summed E-state index contributed by atoms with van der Waals surface area (Å²) in [6.07, 6.45) is 1.90. The molecule has 1 aromatic heterocycles. The Balaban J connectivity index is 1.57. The lowest BCUT2D eigenvalue weighted by Crippen LogP contribution is -2.63. The summed E-state index contributed by atoms with van der Waals surface area (Å²) in [5, 5.41) is 13.1. The normalized spacial score (nSPS) is 19.8. The number of nitrogens with two attached hydrogens (primary N) is 1. The molecule has 1 aliphatic carbocycles. The molecule has 1 amide bonds. The van der Waals surface area contributed by atoms with Crippen LogP contribution in [0.1, 0.15) is 50.0 Å². The van der Waals surface area contributed by atoms with E-state index in [-0.39, 0.29) is 37.7 Å². The molecule has 1 spiro atoms. The molecule has 0 radical (unpaired) electrons. The predicted molar refractivity (Wildman–Crippen MR) is 135 cm³/mol. The first-order chi connectivity index (χ1) is 17.8. The fraction of sp³-hybridized carbons (Fsp3) is 0.520. The topological polar surface area (TPSA) is 140 Å². The third kappa shape index (κ3) is 4.00. The monoisotopic (exact) mass is 533 g/mol. The number of nitrogens with zero attached hydrogens (tertiary/aromatic N) is 4. The van der Waals surface area contributed by atoms with Gasteiger partial charge in [0.05, 0.1) is 34.3 Å². The van der Waals surface area contributed by atoms with E-state index in [1.165, 1.54) is 21.5 Å². The highest BCUT2D eigenvalue weighted by Gasteiger charge is 2.56. The first-order valence-electron chi connectivity index (χ1n) is 12.2. The van der Waals surface area contributed by atoms with Crippen LogP contribution >= 0.6 is 0 Å². The molecule has 1 aromatic carbocycles. The Morgan fingerprint density at radius 1 is 1.18 bits per heavy atom. The molecule has 3 aliphatic rings. The van der Waals surface area contributed by atoms with Crippen molar-refractivity contribution in [1.29, 1.82) is 0 Å². The zero-order chi connectivity index (χ0) is 27.7. The van der Waals surface area contributed by atoms with Crippen LogP contribution in [-0.2, 0) is 9.57 Å². The number of benzene rings is 1. The summed E-state index contributed by atoms with van der Waals surface area (Å²) >= 11 is 0. The van der Waals surface area contributed by atoms with E-state index in [0.29, 0.717) is 18.6 Å². The van der Waals surface area contributed by atoms with Gasteiger partial charge >= 0.3 is 12.1 Å². The number of fused-ring (bicyclic) bond motifs is 1. The number of rotatable bonds is 4. The maximum absolute atomic E-state index is 16.2. The smallest absolute Gasteiger partial charge is 0.410 e. The van der Waals surface area contributed by atoms with Gasteiger partial charge < -0.3 is 34.8 Å². The van der Waals surface area contributed by atoms with Gasteiger partial charge in [-0.3, -0.25) is 4.79 Å². The van der Waals surface area contributed by atoms with Crippen LogP contribution in [0.25, 0.3) is 10.9 Å². The summed E-state index contributed by atoms with van der Waals surface area (Å²) in [6.45, 7) is 5.79. The van der Waals surface area contributed by atoms with Crippen molar-refractivity contribution in [3.05, 3.63) is 33.6 Å². The summed E-state index contributed by atoms with van der Waals surface area (Å²) < 4.78 is 38.7. The van der Waals surface area contributed by atoms with Crippen molar-refractivity contribution in [3.8, 4) is 0 Å². The molecule has 0 unspecified atom stereocenters. The predicted octanol–water partition coefficient (Wildman–Crippen LogP) is 2.95. The summed E-state index contributed by atoms with van der Waals surface area (Å²) in [5.74, 6) is -3.67. The summed E-state index contributed by atoms with van der Waals surface area (Å²) in [7, 11) is 1.36. The molecular weight excluding hydrogens is 504 g/mol. The second-order valence-corrected chi connectivity index (χ2v) is 11.1. The van der Waals surface area contributed by atoms with Gasteiger partial charge in [0.25, 0.3) is 0 Å². The van der Waals surface area contributed by atoms with E-state index in [1.807, 2.05) is 0 Å². The molecule has 0 bridgehead atoms. The number of carbonyl (C=O) groups is 2. The van der Waals surface area contributed by atoms with E-state index in [4.69, 9.17) is 15.3 Å². The standard InChI is InChI=1S/C25H29F2N5O6/c1-24(2,3)38-23(36)31-10-25(11-31)9-30(8-14(25)29-37-4)20-16(26)18(28)15-19(17(20)27)32(12-5-6-12)7-13(21(15)33)22(34)35/h7,12H,5-6,8-11,28H2,1-4H3,(H,34,35). The number of oxime groups is 1. The molecule has 3 N–H and O–H groups in total. The number of carboxylic acids is 1.